The van der Waals surface area contributed by atoms with E-state index >= 15 is 0 Å². The van der Waals surface area contributed by atoms with E-state index in [1.54, 1.807) is 7.05 Å². The molecule has 6 heteroatoms. The highest BCUT2D eigenvalue weighted by Gasteiger charge is 2.03. The number of aliphatic imine (C=N–C) groups is 1. The van der Waals surface area contributed by atoms with Crippen LogP contribution in [0.5, 0.6) is 0 Å². The summed E-state index contributed by atoms with van der Waals surface area (Å²) < 4.78 is 0. The van der Waals surface area contributed by atoms with Gasteiger partial charge in [0.1, 0.15) is 0 Å². The van der Waals surface area contributed by atoms with Crippen molar-refractivity contribution < 1.29 is 4.79 Å². The van der Waals surface area contributed by atoms with Crippen LogP contribution in [0.3, 0.4) is 0 Å². The number of carbonyl (C=O) groups excluding carboxylic acids is 1. The molecule has 0 aliphatic heterocycles. The van der Waals surface area contributed by atoms with E-state index in [9.17, 15) is 4.79 Å². The van der Waals surface area contributed by atoms with Crippen molar-refractivity contribution in [2.24, 2.45) is 4.99 Å². The molecule has 26 heavy (non-hydrogen) atoms. The standard InChI is InChI=1S/C20H25ClN4O/c1-22-20(24-14-12-17-7-9-18(21)10-8-17)25-15-19(26)23-13-11-16-5-3-2-4-6-16/h2-10H,11-15H2,1H3,(H,23,26)(H2,22,24,25). The number of amides is 1. The van der Waals surface area contributed by atoms with Crippen molar-refractivity contribution in [1.82, 2.24) is 16.0 Å². The van der Waals surface area contributed by atoms with Crippen molar-refractivity contribution in [3.8, 4) is 0 Å². The lowest BCUT2D eigenvalue weighted by molar-refractivity contribution is -0.119. The minimum absolute atomic E-state index is 0.0541. The first-order chi connectivity index (χ1) is 12.7. The summed E-state index contributed by atoms with van der Waals surface area (Å²) in [5.74, 6) is 0.554. The third-order valence-corrected chi connectivity index (χ3v) is 4.09. The molecule has 0 heterocycles. The highest BCUT2D eigenvalue weighted by molar-refractivity contribution is 6.30. The average molecular weight is 373 g/mol. The highest BCUT2D eigenvalue weighted by Crippen LogP contribution is 2.09. The monoisotopic (exact) mass is 372 g/mol. The maximum absolute atomic E-state index is 11.9. The Kier molecular flexibility index (Phi) is 8.49. The Morgan fingerprint density at radius 3 is 2.15 bits per heavy atom. The summed E-state index contributed by atoms with van der Waals surface area (Å²) in [5, 5.41) is 9.85. The van der Waals surface area contributed by atoms with Crippen molar-refractivity contribution in [2.75, 3.05) is 26.7 Å². The summed E-state index contributed by atoms with van der Waals surface area (Å²) in [5.41, 5.74) is 2.40. The summed E-state index contributed by atoms with van der Waals surface area (Å²) in [6.45, 7) is 1.53. The van der Waals surface area contributed by atoms with Gasteiger partial charge < -0.3 is 16.0 Å². The van der Waals surface area contributed by atoms with Gasteiger partial charge in [-0.15, -0.1) is 0 Å². The number of rotatable bonds is 8. The average Bonchev–Trinajstić information content (AvgIpc) is 2.67. The predicted molar refractivity (Wildman–Crippen MR) is 108 cm³/mol. The van der Waals surface area contributed by atoms with Gasteiger partial charge in [0.25, 0.3) is 0 Å². The second-order valence-electron chi connectivity index (χ2n) is 5.81. The number of hydrogen-bond donors (Lipinski definition) is 3. The Labute approximate surface area is 159 Å². The first-order valence-corrected chi connectivity index (χ1v) is 9.05. The van der Waals surface area contributed by atoms with E-state index in [0.717, 1.165) is 24.4 Å². The van der Waals surface area contributed by atoms with Crippen LogP contribution >= 0.6 is 11.6 Å². The molecule has 0 aliphatic carbocycles. The summed E-state index contributed by atoms with van der Waals surface area (Å²) >= 11 is 5.88. The molecule has 1 amide bonds. The van der Waals surface area contributed by atoms with Crippen LogP contribution in [-0.2, 0) is 17.6 Å². The third-order valence-electron chi connectivity index (χ3n) is 3.84. The van der Waals surface area contributed by atoms with Crippen molar-refractivity contribution >= 4 is 23.5 Å². The number of benzene rings is 2. The molecule has 0 saturated carbocycles. The molecule has 0 aromatic heterocycles. The largest absolute Gasteiger partial charge is 0.356 e. The van der Waals surface area contributed by atoms with E-state index in [1.807, 2.05) is 42.5 Å². The maximum atomic E-state index is 11.9. The number of halogens is 1. The Hall–Kier alpha value is -2.53. The molecule has 5 nitrogen and oxygen atoms in total. The second-order valence-corrected chi connectivity index (χ2v) is 6.25. The van der Waals surface area contributed by atoms with E-state index in [1.165, 1.54) is 11.1 Å². The fourth-order valence-electron chi connectivity index (χ4n) is 2.41. The van der Waals surface area contributed by atoms with Gasteiger partial charge in [-0.1, -0.05) is 54.1 Å². The van der Waals surface area contributed by atoms with Gasteiger partial charge in [0, 0.05) is 25.2 Å². The molecule has 0 spiro atoms. The van der Waals surface area contributed by atoms with E-state index in [2.05, 4.69) is 33.1 Å². The summed E-state index contributed by atoms with van der Waals surface area (Å²) in [4.78, 5) is 16.0. The second kappa shape index (κ2) is 11.2. The summed E-state index contributed by atoms with van der Waals surface area (Å²) in [6, 6.07) is 17.8. The zero-order valence-electron chi connectivity index (χ0n) is 15.0. The molecule has 0 aliphatic rings. The molecule has 0 atom stereocenters. The van der Waals surface area contributed by atoms with E-state index in [-0.39, 0.29) is 12.5 Å². The van der Waals surface area contributed by atoms with Gasteiger partial charge in [0.15, 0.2) is 5.96 Å². The molecule has 2 aromatic carbocycles. The fraction of sp³-hybridized carbons (Fsp3) is 0.300. The lowest BCUT2D eigenvalue weighted by Crippen LogP contribution is -2.44. The van der Waals surface area contributed by atoms with Gasteiger partial charge in [-0.05, 0) is 36.1 Å². The van der Waals surface area contributed by atoms with Crippen LogP contribution in [0.2, 0.25) is 5.02 Å². The van der Waals surface area contributed by atoms with Crippen molar-refractivity contribution in [3.05, 3.63) is 70.7 Å². The molecule has 0 radical (unpaired) electrons. The van der Waals surface area contributed by atoms with Crippen LogP contribution in [0.15, 0.2) is 59.6 Å². The van der Waals surface area contributed by atoms with Crippen LogP contribution in [0.25, 0.3) is 0 Å². The Morgan fingerprint density at radius 1 is 0.885 bits per heavy atom. The maximum Gasteiger partial charge on any atom is 0.239 e. The van der Waals surface area contributed by atoms with E-state index in [4.69, 9.17) is 11.6 Å². The quantitative estimate of drug-likeness (QED) is 0.492. The predicted octanol–water partition coefficient (Wildman–Crippen LogP) is 2.41. The normalized spacial score (nSPS) is 11.1. The summed E-state index contributed by atoms with van der Waals surface area (Å²) in [7, 11) is 1.69. The van der Waals surface area contributed by atoms with Crippen molar-refractivity contribution in [3.63, 3.8) is 0 Å². The Morgan fingerprint density at radius 2 is 1.50 bits per heavy atom. The third kappa shape index (κ3) is 7.57. The van der Waals surface area contributed by atoms with Crippen LogP contribution in [0.1, 0.15) is 11.1 Å². The van der Waals surface area contributed by atoms with Gasteiger partial charge in [0.05, 0.1) is 6.54 Å². The molecular weight excluding hydrogens is 348 g/mol. The highest BCUT2D eigenvalue weighted by atomic mass is 35.5. The molecular formula is C20H25ClN4O. The molecule has 0 bridgehead atoms. The zero-order valence-corrected chi connectivity index (χ0v) is 15.7. The molecule has 0 unspecified atom stereocenters. The van der Waals surface area contributed by atoms with Crippen LogP contribution in [0, 0.1) is 0 Å². The minimum atomic E-state index is -0.0541. The topological polar surface area (TPSA) is 65.5 Å². The van der Waals surface area contributed by atoms with Gasteiger partial charge >= 0.3 is 0 Å². The zero-order chi connectivity index (χ0) is 18.6. The number of hydrogen-bond acceptors (Lipinski definition) is 2. The first kappa shape index (κ1) is 19.8. The number of guanidine groups is 1. The molecule has 2 rings (SSSR count). The minimum Gasteiger partial charge on any atom is -0.356 e. The van der Waals surface area contributed by atoms with Gasteiger partial charge in [-0.3, -0.25) is 9.79 Å². The Bertz CT molecular complexity index is 702. The first-order valence-electron chi connectivity index (χ1n) is 8.67. The molecule has 0 fully saturated rings. The van der Waals surface area contributed by atoms with Crippen LogP contribution in [-0.4, -0.2) is 38.5 Å². The smallest absolute Gasteiger partial charge is 0.239 e. The lowest BCUT2D eigenvalue weighted by Gasteiger charge is -2.12. The van der Waals surface area contributed by atoms with Crippen molar-refractivity contribution in [1.29, 1.82) is 0 Å². The van der Waals surface area contributed by atoms with Gasteiger partial charge in [-0.2, -0.15) is 0 Å². The van der Waals surface area contributed by atoms with Crippen LogP contribution in [0.4, 0.5) is 0 Å². The van der Waals surface area contributed by atoms with Crippen molar-refractivity contribution in [2.45, 2.75) is 12.8 Å². The molecule has 2 aromatic rings. The van der Waals surface area contributed by atoms with Gasteiger partial charge in [0.2, 0.25) is 5.91 Å². The van der Waals surface area contributed by atoms with Gasteiger partial charge in [-0.25, -0.2) is 0 Å². The van der Waals surface area contributed by atoms with Crippen LogP contribution < -0.4 is 16.0 Å². The number of carbonyl (C=O) groups is 1. The molecule has 0 saturated heterocycles. The summed E-state index contributed by atoms with van der Waals surface area (Å²) in [6.07, 6.45) is 1.67. The molecule has 138 valence electrons. The number of nitrogens with zero attached hydrogens (tertiary/aromatic N) is 1. The SMILES string of the molecule is CN=C(NCCc1ccc(Cl)cc1)NCC(=O)NCCc1ccccc1. The van der Waals surface area contributed by atoms with E-state index < -0.39 is 0 Å². The van der Waals surface area contributed by atoms with E-state index in [0.29, 0.717) is 12.5 Å². The molecule has 3 N–H and O–H groups in total. The number of nitrogens with one attached hydrogen (secondary N) is 3. The Balaban J connectivity index is 1.61. The fourth-order valence-corrected chi connectivity index (χ4v) is 2.54. The lowest BCUT2D eigenvalue weighted by atomic mass is 10.1.